The van der Waals surface area contributed by atoms with E-state index in [2.05, 4.69) is 5.10 Å². The van der Waals surface area contributed by atoms with Crippen LogP contribution < -0.4 is 5.73 Å². The molecule has 1 aliphatic rings. The number of aromatic nitrogens is 2. The first-order valence-electron chi connectivity index (χ1n) is 8.22. The van der Waals surface area contributed by atoms with E-state index < -0.39 is 0 Å². The molecule has 5 nitrogen and oxygen atoms in total. The molecule has 1 aromatic heterocycles. The molecule has 0 radical (unpaired) electrons. The van der Waals surface area contributed by atoms with Gasteiger partial charge in [0.15, 0.2) is 0 Å². The normalized spacial score (nSPS) is 15.9. The minimum absolute atomic E-state index is 0.0950. The van der Waals surface area contributed by atoms with Crippen molar-refractivity contribution >= 4 is 5.91 Å². The van der Waals surface area contributed by atoms with E-state index in [9.17, 15) is 4.79 Å². The van der Waals surface area contributed by atoms with Crippen molar-refractivity contribution in [3.05, 3.63) is 47.3 Å². The maximum atomic E-state index is 12.9. The zero-order valence-electron chi connectivity index (χ0n) is 13.8. The highest BCUT2D eigenvalue weighted by atomic mass is 16.2. The fourth-order valence-corrected chi connectivity index (χ4v) is 3.30. The molecule has 0 spiro atoms. The van der Waals surface area contributed by atoms with E-state index in [1.807, 2.05) is 53.8 Å². The summed E-state index contributed by atoms with van der Waals surface area (Å²) in [5.74, 6) is 0.644. The second-order valence-electron chi connectivity index (χ2n) is 6.26. The minimum atomic E-state index is 0.0950. The standard InChI is InChI=1S/C18H24N4O/c1-13-17(18(23)21-10-8-15(12-19)9-11-21)14(2)22(20-13)16-6-4-3-5-7-16/h3-7,15H,8-12,19H2,1-2H3. The van der Waals surface area contributed by atoms with Crippen LogP contribution in [0.3, 0.4) is 0 Å². The van der Waals surface area contributed by atoms with Crippen molar-refractivity contribution in [2.45, 2.75) is 26.7 Å². The molecule has 0 unspecified atom stereocenters. The summed E-state index contributed by atoms with van der Waals surface area (Å²) in [5, 5.41) is 4.58. The molecule has 1 saturated heterocycles. The third-order valence-corrected chi connectivity index (χ3v) is 4.74. The van der Waals surface area contributed by atoms with Crippen molar-refractivity contribution in [2.75, 3.05) is 19.6 Å². The zero-order valence-corrected chi connectivity index (χ0v) is 13.8. The lowest BCUT2D eigenvalue weighted by molar-refractivity contribution is 0.0692. The van der Waals surface area contributed by atoms with E-state index in [-0.39, 0.29) is 5.91 Å². The summed E-state index contributed by atoms with van der Waals surface area (Å²) in [6, 6.07) is 9.93. The van der Waals surface area contributed by atoms with Crippen LogP contribution in [0.5, 0.6) is 0 Å². The summed E-state index contributed by atoms with van der Waals surface area (Å²) in [6.07, 6.45) is 1.99. The van der Waals surface area contributed by atoms with Gasteiger partial charge in [-0.2, -0.15) is 5.10 Å². The molecule has 5 heteroatoms. The average molecular weight is 312 g/mol. The Labute approximate surface area is 137 Å². The van der Waals surface area contributed by atoms with E-state index in [1.165, 1.54) is 0 Å². The molecule has 3 rings (SSSR count). The van der Waals surface area contributed by atoms with Crippen LogP contribution in [0.1, 0.15) is 34.6 Å². The van der Waals surface area contributed by atoms with Crippen LogP contribution in [0.25, 0.3) is 5.69 Å². The molecule has 0 aliphatic carbocycles. The van der Waals surface area contributed by atoms with Gasteiger partial charge in [-0.1, -0.05) is 18.2 Å². The topological polar surface area (TPSA) is 64.2 Å². The van der Waals surface area contributed by atoms with E-state index in [0.717, 1.165) is 48.6 Å². The number of aryl methyl sites for hydroxylation is 1. The SMILES string of the molecule is Cc1nn(-c2ccccc2)c(C)c1C(=O)N1CCC(CN)CC1. The van der Waals surface area contributed by atoms with Crippen LogP contribution in [-0.4, -0.2) is 40.2 Å². The Bertz CT molecular complexity index is 685. The van der Waals surface area contributed by atoms with Crippen molar-refractivity contribution in [2.24, 2.45) is 11.7 Å². The van der Waals surface area contributed by atoms with Crippen molar-refractivity contribution in [3.63, 3.8) is 0 Å². The van der Waals surface area contributed by atoms with E-state index in [4.69, 9.17) is 5.73 Å². The number of rotatable bonds is 3. The first kappa shape index (κ1) is 15.7. The minimum Gasteiger partial charge on any atom is -0.339 e. The number of nitrogens with two attached hydrogens (primary N) is 1. The predicted molar refractivity (Wildman–Crippen MR) is 90.7 cm³/mol. The number of nitrogens with zero attached hydrogens (tertiary/aromatic N) is 3. The Morgan fingerprint density at radius 3 is 2.48 bits per heavy atom. The lowest BCUT2D eigenvalue weighted by Gasteiger charge is -2.31. The first-order chi connectivity index (χ1) is 11.1. The second-order valence-corrected chi connectivity index (χ2v) is 6.26. The number of piperidine rings is 1. The third-order valence-electron chi connectivity index (χ3n) is 4.74. The van der Waals surface area contributed by atoms with Crippen molar-refractivity contribution in [3.8, 4) is 5.69 Å². The van der Waals surface area contributed by atoms with Gasteiger partial charge < -0.3 is 10.6 Å². The quantitative estimate of drug-likeness (QED) is 0.946. The number of likely N-dealkylation sites (tertiary alicyclic amines) is 1. The van der Waals surface area contributed by atoms with Crippen molar-refractivity contribution < 1.29 is 4.79 Å². The van der Waals surface area contributed by atoms with E-state index in [1.54, 1.807) is 0 Å². The fourth-order valence-electron chi connectivity index (χ4n) is 3.30. The lowest BCUT2D eigenvalue weighted by atomic mass is 9.96. The number of benzene rings is 1. The summed E-state index contributed by atoms with van der Waals surface area (Å²) in [6.45, 7) is 6.16. The first-order valence-corrected chi connectivity index (χ1v) is 8.22. The number of carbonyl (C=O) groups excluding carboxylic acids is 1. The van der Waals surface area contributed by atoms with Gasteiger partial charge in [-0.15, -0.1) is 0 Å². The molecular weight excluding hydrogens is 288 g/mol. The Hall–Kier alpha value is -2.14. The van der Waals surface area contributed by atoms with E-state index >= 15 is 0 Å². The van der Waals surface area contributed by atoms with Gasteiger partial charge in [0.05, 0.1) is 22.6 Å². The molecule has 1 aliphatic heterocycles. The Balaban J connectivity index is 1.86. The van der Waals surface area contributed by atoms with Gasteiger partial charge in [0.2, 0.25) is 0 Å². The molecule has 2 heterocycles. The van der Waals surface area contributed by atoms with Gasteiger partial charge in [0, 0.05) is 13.1 Å². The van der Waals surface area contributed by atoms with Gasteiger partial charge in [-0.3, -0.25) is 4.79 Å². The van der Waals surface area contributed by atoms with Crippen molar-refractivity contribution in [1.29, 1.82) is 0 Å². The van der Waals surface area contributed by atoms with Crippen LogP contribution >= 0.6 is 0 Å². The zero-order chi connectivity index (χ0) is 16.4. The molecule has 23 heavy (non-hydrogen) atoms. The second kappa shape index (κ2) is 6.54. The number of carbonyl (C=O) groups is 1. The fraction of sp³-hybridized carbons (Fsp3) is 0.444. The van der Waals surface area contributed by atoms with Crippen LogP contribution in [0.15, 0.2) is 30.3 Å². The molecule has 1 aromatic carbocycles. The largest absolute Gasteiger partial charge is 0.339 e. The molecule has 1 fully saturated rings. The van der Waals surface area contributed by atoms with Crippen LogP contribution in [0.4, 0.5) is 0 Å². The molecule has 2 aromatic rings. The highest BCUT2D eigenvalue weighted by molar-refractivity contribution is 5.96. The summed E-state index contributed by atoms with van der Waals surface area (Å²) in [7, 11) is 0. The number of amides is 1. The molecular formula is C18H24N4O. The highest BCUT2D eigenvalue weighted by Gasteiger charge is 2.27. The third kappa shape index (κ3) is 3.01. The van der Waals surface area contributed by atoms with Crippen LogP contribution in [0, 0.1) is 19.8 Å². The predicted octanol–water partition coefficient (Wildman–Crippen LogP) is 2.30. The Kier molecular flexibility index (Phi) is 4.48. The Morgan fingerprint density at radius 2 is 1.87 bits per heavy atom. The van der Waals surface area contributed by atoms with Crippen LogP contribution in [0.2, 0.25) is 0 Å². The van der Waals surface area contributed by atoms with Crippen molar-refractivity contribution in [1.82, 2.24) is 14.7 Å². The number of hydrogen-bond donors (Lipinski definition) is 1. The summed E-state index contributed by atoms with van der Waals surface area (Å²) in [5.41, 5.74) is 9.14. The summed E-state index contributed by atoms with van der Waals surface area (Å²) >= 11 is 0. The van der Waals surface area contributed by atoms with E-state index in [0.29, 0.717) is 12.5 Å². The number of para-hydroxylation sites is 1. The lowest BCUT2D eigenvalue weighted by Crippen LogP contribution is -2.40. The molecule has 0 bridgehead atoms. The molecule has 122 valence electrons. The maximum Gasteiger partial charge on any atom is 0.257 e. The summed E-state index contributed by atoms with van der Waals surface area (Å²) in [4.78, 5) is 14.9. The molecule has 2 N–H and O–H groups in total. The molecule has 1 amide bonds. The molecule has 0 saturated carbocycles. The monoisotopic (exact) mass is 312 g/mol. The van der Waals surface area contributed by atoms with Gasteiger partial charge in [-0.25, -0.2) is 4.68 Å². The van der Waals surface area contributed by atoms with Gasteiger partial charge in [0.1, 0.15) is 0 Å². The Morgan fingerprint density at radius 1 is 1.22 bits per heavy atom. The number of hydrogen-bond acceptors (Lipinski definition) is 3. The highest BCUT2D eigenvalue weighted by Crippen LogP contribution is 2.23. The van der Waals surface area contributed by atoms with Crippen LogP contribution in [-0.2, 0) is 0 Å². The van der Waals surface area contributed by atoms with Gasteiger partial charge in [-0.05, 0) is 51.3 Å². The average Bonchev–Trinajstić information content (AvgIpc) is 2.89. The molecule has 0 atom stereocenters. The maximum absolute atomic E-state index is 12.9. The summed E-state index contributed by atoms with van der Waals surface area (Å²) < 4.78 is 1.86. The van der Waals surface area contributed by atoms with Gasteiger partial charge >= 0.3 is 0 Å². The van der Waals surface area contributed by atoms with Gasteiger partial charge in [0.25, 0.3) is 5.91 Å². The smallest absolute Gasteiger partial charge is 0.257 e.